The molecule has 1 unspecified atom stereocenters. The molecule has 13 nitrogen and oxygen atoms in total. The zero-order valence-electron chi connectivity index (χ0n) is 23.9. The van der Waals surface area contributed by atoms with Gasteiger partial charge in [0.15, 0.2) is 6.23 Å². The molecule has 0 aromatic heterocycles. The third kappa shape index (κ3) is 7.25. The second-order valence-corrected chi connectivity index (χ2v) is 12.8. The summed E-state index contributed by atoms with van der Waals surface area (Å²) < 4.78 is 47.3. The van der Waals surface area contributed by atoms with Gasteiger partial charge in [-0.25, -0.2) is 9.36 Å². The second-order valence-electron chi connectivity index (χ2n) is 11.2. The Kier molecular flexibility index (Phi) is 9.43. The molecule has 0 radical (unpaired) electrons. The van der Waals surface area contributed by atoms with Crippen molar-refractivity contribution in [3.05, 3.63) is 24.7 Å². The van der Waals surface area contributed by atoms with Crippen molar-refractivity contribution in [2.75, 3.05) is 20.3 Å². The number of rotatable bonds is 8. The minimum atomic E-state index is -4.24. The highest BCUT2D eigenvalue weighted by Gasteiger charge is 2.61. The van der Waals surface area contributed by atoms with Crippen molar-refractivity contribution in [2.45, 2.75) is 84.1 Å². The van der Waals surface area contributed by atoms with Gasteiger partial charge < -0.3 is 29.3 Å². The minimum Gasteiger partial charge on any atom is -0.463 e. The van der Waals surface area contributed by atoms with Gasteiger partial charge in [0.05, 0.1) is 31.8 Å². The van der Waals surface area contributed by atoms with E-state index in [-0.39, 0.29) is 30.9 Å². The summed E-state index contributed by atoms with van der Waals surface area (Å²) in [5, 5.41) is 2.58. The first kappa shape index (κ1) is 31.6. The summed E-state index contributed by atoms with van der Waals surface area (Å²) in [5.41, 5.74) is -1.96. The maximum Gasteiger partial charge on any atom is 0.475 e. The molecule has 3 aliphatic rings. The molecule has 0 aromatic rings. The lowest BCUT2D eigenvalue weighted by atomic mass is 9.82. The van der Waals surface area contributed by atoms with E-state index in [1.54, 1.807) is 46.4 Å². The number of carbonyl (C=O) groups excluding carboxylic acids is 3. The van der Waals surface area contributed by atoms with E-state index in [1.807, 2.05) is 0 Å². The fraction of sp³-hybridized carbons (Fsp3) is 0.654. The van der Waals surface area contributed by atoms with Crippen molar-refractivity contribution < 1.29 is 46.7 Å². The normalized spacial score (nSPS) is 30.8. The van der Waals surface area contributed by atoms with Gasteiger partial charge in [0.2, 0.25) is 0 Å². The van der Waals surface area contributed by atoms with Crippen molar-refractivity contribution in [1.82, 2.24) is 15.1 Å². The standard InChI is InChI=1S/C26H38N3O10P/c1-10-26(8)22-19(37-23(26)29-12-11-20(30)27-17(29)4)15-35-40(33,39-22)34-14-18(13-21(31)36-16(2)3)28(9)24(32)38-25(5,6)7/h1,11-12,16,18-19,22-23H,4,13-15H2,2-3,5-9H3,(H,27,30)/t18?,19-,22-,23-,26-,40+/m1/s1. The molecule has 3 aliphatic heterocycles. The summed E-state index contributed by atoms with van der Waals surface area (Å²) in [7, 11) is -2.81. The largest absolute Gasteiger partial charge is 0.475 e. The Bertz CT molecular complexity index is 1140. The molecule has 0 spiro atoms. The van der Waals surface area contributed by atoms with Crippen LogP contribution in [0.1, 0.15) is 48.0 Å². The van der Waals surface area contributed by atoms with Crippen LogP contribution in [-0.4, -0.2) is 84.2 Å². The third-order valence-corrected chi connectivity index (χ3v) is 7.75. The monoisotopic (exact) mass is 583 g/mol. The first-order valence-corrected chi connectivity index (χ1v) is 14.3. The topological polar surface area (TPSA) is 142 Å². The van der Waals surface area contributed by atoms with Gasteiger partial charge in [-0.15, -0.1) is 6.42 Å². The molecular formula is C26H38N3O10P. The molecule has 2 fully saturated rings. The number of hydrogen-bond donors (Lipinski definition) is 1. The number of nitrogens with zero attached hydrogens (tertiary/aromatic N) is 2. The highest BCUT2D eigenvalue weighted by atomic mass is 31.2. The minimum absolute atomic E-state index is 0.173. The first-order valence-electron chi connectivity index (χ1n) is 12.8. The fourth-order valence-electron chi connectivity index (χ4n) is 4.30. The number of ether oxygens (including phenoxy) is 3. The Morgan fingerprint density at radius 1 is 1.40 bits per heavy atom. The molecule has 2 saturated heterocycles. The van der Waals surface area contributed by atoms with Crippen LogP contribution in [0.15, 0.2) is 24.7 Å². The van der Waals surface area contributed by atoms with Crippen molar-refractivity contribution in [3.63, 3.8) is 0 Å². The van der Waals surface area contributed by atoms with Crippen LogP contribution in [0.4, 0.5) is 4.79 Å². The van der Waals surface area contributed by atoms with Gasteiger partial charge in [0, 0.05) is 19.3 Å². The summed E-state index contributed by atoms with van der Waals surface area (Å²) >= 11 is 0. The summed E-state index contributed by atoms with van der Waals surface area (Å²) in [5.74, 6) is 1.99. The number of amides is 2. The third-order valence-electron chi connectivity index (χ3n) is 6.34. The van der Waals surface area contributed by atoms with E-state index >= 15 is 0 Å². The zero-order valence-corrected chi connectivity index (χ0v) is 24.8. The SMILES string of the molecule is C#C[C@]1(C)[C@@H]2O[P@@](=O)(OCC(CC(=O)OC(C)C)N(C)C(=O)OC(C)(C)C)OC[C@H]2O[C@H]1N1C=CC(=O)NC1=C. The van der Waals surface area contributed by atoms with Gasteiger partial charge in [-0.3, -0.25) is 23.2 Å². The van der Waals surface area contributed by atoms with Crippen LogP contribution in [0, 0.1) is 17.8 Å². The van der Waals surface area contributed by atoms with E-state index < -0.39 is 62.0 Å². The smallest absolute Gasteiger partial charge is 0.463 e. The Labute approximate surface area is 234 Å². The van der Waals surface area contributed by atoms with Gasteiger partial charge in [-0.2, -0.15) is 0 Å². The number of phosphoric acid groups is 1. The van der Waals surface area contributed by atoms with Crippen LogP contribution in [0.25, 0.3) is 0 Å². The predicted octanol–water partition coefficient (Wildman–Crippen LogP) is 2.88. The lowest BCUT2D eigenvalue weighted by Crippen LogP contribution is -2.49. The van der Waals surface area contributed by atoms with Gasteiger partial charge in [-0.1, -0.05) is 12.5 Å². The number of terminal acetylenes is 1. The summed E-state index contributed by atoms with van der Waals surface area (Å²) in [4.78, 5) is 39.6. The molecule has 6 atom stereocenters. The van der Waals surface area contributed by atoms with Crippen LogP contribution in [0.2, 0.25) is 0 Å². The molecule has 0 bridgehead atoms. The number of esters is 1. The molecular weight excluding hydrogens is 545 g/mol. The predicted molar refractivity (Wildman–Crippen MR) is 142 cm³/mol. The molecule has 0 aromatic carbocycles. The van der Waals surface area contributed by atoms with Crippen LogP contribution in [0.5, 0.6) is 0 Å². The lowest BCUT2D eigenvalue weighted by Gasteiger charge is -2.39. The van der Waals surface area contributed by atoms with Crippen LogP contribution < -0.4 is 5.32 Å². The highest BCUT2D eigenvalue weighted by Crippen LogP contribution is 2.59. The van der Waals surface area contributed by atoms with Crippen LogP contribution in [0.3, 0.4) is 0 Å². The van der Waals surface area contributed by atoms with Crippen molar-refractivity contribution in [3.8, 4) is 12.3 Å². The molecule has 3 heterocycles. The van der Waals surface area contributed by atoms with Crippen LogP contribution >= 0.6 is 7.82 Å². The number of nitrogens with one attached hydrogen (secondary N) is 1. The van der Waals surface area contributed by atoms with E-state index in [0.717, 1.165) is 0 Å². The van der Waals surface area contributed by atoms with Crippen molar-refractivity contribution in [2.24, 2.45) is 5.41 Å². The Morgan fingerprint density at radius 3 is 2.65 bits per heavy atom. The van der Waals surface area contributed by atoms with Crippen molar-refractivity contribution >= 4 is 25.8 Å². The molecule has 40 heavy (non-hydrogen) atoms. The lowest BCUT2D eigenvalue weighted by molar-refractivity contribution is -0.149. The average Bonchev–Trinajstić information content (AvgIpc) is 3.11. The summed E-state index contributed by atoms with van der Waals surface area (Å²) in [6.07, 6.45) is 4.89. The van der Waals surface area contributed by atoms with Crippen molar-refractivity contribution in [1.29, 1.82) is 0 Å². The van der Waals surface area contributed by atoms with E-state index in [2.05, 4.69) is 17.8 Å². The molecule has 222 valence electrons. The van der Waals surface area contributed by atoms with Gasteiger partial charge in [0.25, 0.3) is 5.91 Å². The molecule has 14 heteroatoms. The van der Waals surface area contributed by atoms with Gasteiger partial charge in [0.1, 0.15) is 29.0 Å². The molecule has 1 N–H and O–H groups in total. The number of likely N-dealkylation sites (N-methyl/N-ethyl adjacent to an activating group) is 1. The van der Waals surface area contributed by atoms with Gasteiger partial charge in [-0.05, 0) is 41.5 Å². The maximum absolute atomic E-state index is 13.6. The Morgan fingerprint density at radius 2 is 2.08 bits per heavy atom. The fourth-order valence-corrected chi connectivity index (χ4v) is 5.81. The molecule has 2 amide bonds. The first-order chi connectivity index (χ1) is 18.5. The second kappa shape index (κ2) is 11.9. The summed E-state index contributed by atoms with van der Waals surface area (Å²) in [6, 6.07) is -0.922. The van der Waals surface area contributed by atoms with E-state index in [0.29, 0.717) is 0 Å². The van der Waals surface area contributed by atoms with Crippen LogP contribution in [-0.2, 0) is 41.9 Å². The molecule has 3 rings (SSSR count). The zero-order chi connectivity index (χ0) is 30.0. The summed E-state index contributed by atoms with van der Waals surface area (Å²) in [6.45, 7) is 13.5. The quantitative estimate of drug-likeness (QED) is 0.256. The molecule has 0 aliphatic carbocycles. The maximum atomic E-state index is 13.6. The number of fused-ring (bicyclic) bond motifs is 1. The number of phosphoric ester groups is 1. The van der Waals surface area contributed by atoms with E-state index in [4.69, 9.17) is 34.2 Å². The Balaban J connectivity index is 1.76. The number of carbonyl (C=O) groups is 3. The Hall–Kier alpha value is -2.88. The van der Waals surface area contributed by atoms with E-state index in [9.17, 15) is 18.9 Å². The highest BCUT2D eigenvalue weighted by molar-refractivity contribution is 7.48. The molecule has 0 saturated carbocycles. The average molecular weight is 584 g/mol. The van der Waals surface area contributed by atoms with Gasteiger partial charge >= 0.3 is 19.9 Å². The van der Waals surface area contributed by atoms with E-state index in [1.165, 1.54) is 24.2 Å². The number of hydrogen-bond acceptors (Lipinski definition) is 11.